The Hall–Kier alpha value is -3.36. The van der Waals surface area contributed by atoms with Gasteiger partial charge in [0.15, 0.2) is 16.7 Å². The molecule has 1 aliphatic heterocycles. The molecule has 8 heteroatoms. The highest BCUT2D eigenvalue weighted by Crippen LogP contribution is 2.39. The van der Waals surface area contributed by atoms with Gasteiger partial charge in [0.05, 0.1) is 27.2 Å². The summed E-state index contributed by atoms with van der Waals surface area (Å²) in [7, 11) is 0. The lowest BCUT2D eigenvalue weighted by atomic mass is 10.1. The summed E-state index contributed by atoms with van der Waals surface area (Å²) in [5, 5.41) is 3.30. The first-order valence-corrected chi connectivity index (χ1v) is 12.1. The van der Waals surface area contributed by atoms with Gasteiger partial charge in [-0.1, -0.05) is 35.9 Å². The van der Waals surface area contributed by atoms with Crippen molar-refractivity contribution in [2.24, 2.45) is 4.99 Å². The average Bonchev–Trinajstić information content (AvgIpc) is 3.16. The zero-order valence-electron chi connectivity index (χ0n) is 18.5. The Kier molecular flexibility index (Phi) is 7.49. The van der Waals surface area contributed by atoms with Crippen LogP contribution in [0, 0.1) is 6.92 Å². The fourth-order valence-electron chi connectivity index (χ4n) is 3.13. The third-order valence-electron chi connectivity index (χ3n) is 4.75. The molecule has 0 spiro atoms. The number of hydrogen-bond donors (Lipinski definition) is 1. The summed E-state index contributed by atoms with van der Waals surface area (Å²) in [6.45, 7) is 4.23. The minimum absolute atomic E-state index is 0.232. The number of nitrogens with zero attached hydrogens (tertiary/aromatic N) is 1. The number of amidine groups is 1. The Morgan fingerprint density at radius 2 is 1.85 bits per heavy atom. The normalized spacial score (nSPS) is 15.4. The van der Waals surface area contributed by atoms with Crippen LogP contribution in [0.2, 0.25) is 0 Å². The lowest BCUT2D eigenvalue weighted by Gasteiger charge is -2.13. The van der Waals surface area contributed by atoms with Crippen LogP contribution in [0.3, 0.4) is 0 Å². The number of hydrogen-bond acceptors (Lipinski definition) is 6. The van der Waals surface area contributed by atoms with Gasteiger partial charge in [-0.05, 0) is 89.6 Å². The highest BCUT2D eigenvalue weighted by molar-refractivity contribution is 9.10. The summed E-state index contributed by atoms with van der Waals surface area (Å²) in [5.41, 5.74) is 3.05. The van der Waals surface area contributed by atoms with Gasteiger partial charge in [-0.15, -0.1) is 0 Å². The molecular formula is C26H21BrN2O4S. The highest BCUT2D eigenvalue weighted by Gasteiger charge is 2.24. The summed E-state index contributed by atoms with van der Waals surface area (Å²) in [4.78, 5) is 30.1. The molecule has 3 aromatic carbocycles. The molecule has 6 nitrogen and oxygen atoms in total. The number of aryl methyl sites for hydroxylation is 1. The van der Waals surface area contributed by atoms with Gasteiger partial charge in [0, 0.05) is 0 Å². The maximum Gasteiger partial charge on any atom is 0.343 e. The molecule has 0 bridgehead atoms. The monoisotopic (exact) mass is 536 g/mol. The summed E-state index contributed by atoms with van der Waals surface area (Å²) in [6, 6.07) is 20.0. The van der Waals surface area contributed by atoms with Crippen LogP contribution in [-0.4, -0.2) is 23.7 Å². The number of thioether (sulfide) groups is 1. The van der Waals surface area contributed by atoms with E-state index in [9.17, 15) is 9.59 Å². The van der Waals surface area contributed by atoms with E-state index in [4.69, 9.17) is 9.47 Å². The molecule has 0 atom stereocenters. The second-order valence-corrected chi connectivity index (χ2v) is 9.22. The molecule has 0 unspecified atom stereocenters. The SMILES string of the molecule is CCOc1cc(/C=C2\SC(=Nc3ccc(C)cc3)NC2=O)cc(Br)c1OC(=O)c1ccccc1. The number of esters is 1. The molecule has 0 radical (unpaired) electrons. The molecule has 1 N–H and O–H groups in total. The largest absolute Gasteiger partial charge is 0.490 e. The van der Waals surface area contributed by atoms with E-state index in [0.29, 0.717) is 38.0 Å². The van der Waals surface area contributed by atoms with Crippen molar-refractivity contribution < 1.29 is 19.1 Å². The first-order valence-electron chi connectivity index (χ1n) is 10.5. The van der Waals surface area contributed by atoms with E-state index >= 15 is 0 Å². The molecule has 1 fully saturated rings. The van der Waals surface area contributed by atoms with Gasteiger partial charge in [-0.3, -0.25) is 4.79 Å². The van der Waals surface area contributed by atoms with Crippen molar-refractivity contribution in [3.05, 3.63) is 92.8 Å². The van der Waals surface area contributed by atoms with Gasteiger partial charge in [-0.2, -0.15) is 0 Å². The number of carbonyl (C=O) groups excluding carboxylic acids is 2. The standard InChI is InChI=1S/C26H21BrN2O4S/c1-3-32-21-14-17(13-20(27)23(21)33-25(31)18-7-5-4-6-8-18)15-22-24(30)29-26(34-22)28-19-11-9-16(2)10-12-19/h4-15H,3H2,1-2H3,(H,28,29,30)/b22-15-. The Bertz CT molecular complexity index is 1290. The number of nitrogens with one attached hydrogen (secondary N) is 1. The molecule has 1 heterocycles. The average molecular weight is 537 g/mol. The van der Waals surface area contributed by atoms with Crippen LogP contribution in [0.5, 0.6) is 11.5 Å². The van der Waals surface area contributed by atoms with Gasteiger partial charge in [-0.25, -0.2) is 9.79 Å². The highest BCUT2D eigenvalue weighted by atomic mass is 79.9. The van der Waals surface area contributed by atoms with E-state index < -0.39 is 5.97 Å². The van der Waals surface area contributed by atoms with Gasteiger partial charge < -0.3 is 14.8 Å². The summed E-state index contributed by atoms with van der Waals surface area (Å²) in [6.07, 6.45) is 1.74. The van der Waals surface area contributed by atoms with Crippen molar-refractivity contribution in [1.82, 2.24) is 5.32 Å². The Labute approximate surface area is 210 Å². The van der Waals surface area contributed by atoms with Crippen LogP contribution in [-0.2, 0) is 4.79 Å². The molecule has 1 aliphatic rings. The molecule has 3 aromatic rings. The summed E-state index contributed by atoms with van der Waals surface area (Å²) < 4.78 is 11.9. The van der Waals surface area contributed by atoms with Crippen molar-refractivity contribution in [3.63, 3.8) is 0 Å². The zero-order chi connectivity index (χ0) is 24.1. The van der Waals surface area contributed by atoms with Crippen LogP contribution in [0.4, 0.5) is 5.69 Å². The van der Waals surface area contributed by atoms with Gasteiger partial charge in [0.1, 0.15) is 0 Å². The lowest BCUT2D eigenvalue weighted by Crippen LogP contribution is -2.19. The fraction of sp³-hybridized carbons (Fsp3) is 0.115. The quantitative estimate of drug-likeness (QED) is 0.228. The van der Waals surface area contributed by atoms with Crippen LogP contribution in [0.1, 0.15) is 28.4 Å². The first kappa shape index (κ1) is 23.8. The molecule has 34 heavy (non-hydrogen) atoms. The minimum Gasteiger partial charge on any atom is -0.490 e. The molecule has 0 aliphatic carbocycles. The van der Waals surface area contributed by atoms with E-state index in [1.54, 1.807) is 42.5 Å². The van der Waals surface area contributed by atoms with Gasteiger partial charge in [0.2, 0.25) is 0 Å². The van der Waals surface area contributed by atoms with Crippen LogP contribution in [0.25, 0.3) is 6.08 Å². The molecule has 1 amide bonds. The van der Waals surface area contributed by atoms with E-state index in [1.807, 2.05) is 44.2 Å². The smallest absolute Gasteiger partial charge is 0.343 e. The predicted molar refractivity (Wildman–Crippen MR) is 139 cm³/mol. The van der Waals surface area contributed by atoms with Gasteiger partial charge in [0.25, 0.3) is 5.91 Å². The number of carbonyl (C=O) groups is 2. The molecule has 172 valence electrons. The number of halogens is 1. The number of rotatable bonds is 6. The molecule has 1 saturated heterocycles. The van der Waals surface area contributed by atoms with Crippen LogP contribution in [0.15, 0.2) is 81.1 Å². The first-order chi connectivity index (χ1) is 16.4. The zero-order valence-corrected chi connectivity index (χ0v) is 20.9. The van der Waals surface area contributed by atoms with E-state index in [-0.39, 0.29) is 11.7 Å². The third kappa shape index (κ3) is 5.76. The van der Waals surface area contributed by atoms with E-state index in [2.05, 4.69) is 26.2 Å². The second kappa shape index (κ2) is 10.7. The topological polar surface area (TPSA) is 77.0 Å². The summed E-state index contributed by atoms with van der Waals surface area (Å²) in [5.74, 6) is -0.0477. The summed E-state index contributed by atoms with van der Waals surface area (Å²) >= 11 is 4.74. The van der Waals surface area contributed by atoms with E-state index in [1.165, 1.54) is 11.8 Å². The van der Waals surface area contributed by atoms with Gasteiger partial charge >= 0.3 is 5.97 Å². The number of amides is 1. The van der Waals surface area contributed by atoms with Crippen LogP contribution >= 0.6 is 27.7 Å². The second-order valence-electron chi connectivity index (χ2n) is 7.34. The molecule has 0 saturated carbocycles. The van der Waals surface area contributed by atoms with Crippen LogP contribution < -0.4 is 14.8 Å². The van der Waals surface area contributed by atoms with E-state index in [0.717, 1.165) is 11.3 Å². The number of benzene rings is 3. The van der Waals surface area contributed by atoms with Crippen molar-refractivity contribution in [2.45, 2.75) is 13.8 Å². The molecule has 0 aromatic heterocycles. The predicted octanol–water partition coefficient (Wildman–Crippen LogP) is 6.27. The molecular weight excluding hydrogens is 516 g/mol. The fourth-order valence-corrected chi connectivity index (χ4v) is 4.51. The lowest BCUT2D eigenvalue weighted by molar-refractivity contribution is -0.115. The Morgan fingerprint density at radius 3 is 2.56 bits per heavy atom. The minimum atomic E-state index is -0.490. The Balaban J connectivity index is 1.59. The van der Waals surface area contributed by atoms with Crippen molar-refractivity contribution in [1.29, 1.82) is 0 Å². The van der Waals surface area contributed by atoms with Crippen molar-refractivity contribution >= 4 is 56.5 Å². The number of ether oxygens (including phenoxy) is 2. The van der Waals surface area contributed by atoms with Crippen molar-refractivity contribution in [2.75, 3.05) is 6.61 Å². The maximum absolute atomic E-state index is 12.6. The third-order valence-corrected chi connectivity index (χ3v) is 6.25. The van der Waals surface area contributed by atoms with Crippen molar-refractivity contribution in [3.8, 4) is 11.5 Å². The molecule has 4 rings (SSSR count). The Morgan fingerprint density at radius 1 is 1.12 bits per heavy atom. The maximum atomic E-state index is 12.6. The number of aliphatic imine (C=N–C) groups is 1.